The Balaban J connectivity index is 0.000000156. The number of rotatable bonds is 0. The highest BCUT2D eigenvalue weighted by Gasteiger charge is 2.00. The molecule has 4 rings (SSSR count). The minimum Gasteiger partial charge on any atom is -0.356 e. The lowest BCUT2D eigenvalue weighted by Crippen LogP contribution is -1.82. The third kappa shape index (κ3) is 6.93. The topological polar surface area (TPSA) is 60.2 Å². The number of fused-ring (bicyclic) bond motifs is 2. The second-order valence-electron chi connectivity index (χ2n) is 4.71. The number of allylic oxidation sites excluding steroid dienone is 2. The average molecular weight is 389 g/mol. The van der Waals surface area contributed by atoms with Gasteiger partial charge >= 0.3 is 4.70 Å². The number of hydrogen-bond acceptors (Lipinski definition) is 5. The van der Waals surface area contributed by atoms with E-state index in [1.807, 2.05) is 72.8 Å². The lowest BCUT2D eigenvalue weighted by atomic mass is 10.2. The van der Waals surface area contributed by atoms with E-state index in [1.165, 1.54) is 0 Å². The molecule has 2 aliphatic heterocycles. The van der Waals surface area contributed by atoms with E-state index in [0.29, 0.717) is 0 Å². The molecule has 26 heavy (non-hydrogen) atoms. The maximum absolute atomic E-state index is 8.98. The first-order chi connectivity index (χ1) is 12.7. The van der Waals surface area contributed by atoms with Crippen molar-refractivity contribution in [3.8, 4) is 11.5 Å². The highest BCUT2D eigenvalue weighted by molar-refractivity contribution is 6.93. The quantitative estimate of drug-likeness (QED) is 0.540. The van der Waals surface area contributed by atoms with Crippen molar-refractivity contribution in [2.24, 2.45) is 10.3 Å². The molecule has 0 bridgehead atoms. The third-order valence-corrected chi connectivity index (χ3v) is 2.99. The Kier molecular flexibility index (Phi) is 8.12. The van der Waals surface area contributed by atoms with Gasteiger partial charge in [0.05, 0.1) is 12.4 Å². The predicted molar refractivity (Wildman–Crippen MR) is 106 cm³/mol. The number of oxime groups is 2. The van der Waals surface area contributed by atoms with Gasteiger partial charge in [0.2, 0.25) is 0 Å². The van der Waals surface area contributed by atoms with Gasteiger partial charge in [-0.1, -0.05) is 46.7 Å². The van der Waals surface area contributed by atoms with Gasteiger partial charge in [-0.3, -0.25) is 4.79 Å². The van der Waals surface area contributed by atoms with Gasteiger partial charge in [-0.15, -0.1) is 0 Å². The van der Waals surface area contributed by atoms with Gasteiger partial charge in [0.15, 0.2) is 11.5 Å². The molecule has 2 aromatic carbocycles. The van der Waals surface area contributed by atoms with E-state index in [-0.39, 0.29) is 0 Å². The van der Waals surface area contributed by atoms with Crippen LogP contribution in [0.4, 0.5) is 4.79 Å². The van der Waals surface area contributed by atoms with Gasteiger partial charge in [-0.25, -0.2) is 0 Å². The molecule has 0 amide bonds. The minimum atomic E-state index is -0.889. The van der Waals surface area contributed by atoms with Crippen molar-refractivity contribution >= 4 is 52.5 Å². The van der Waals surface area contributed by atoms with Crippen molar-refractivity contribution in [2.75, 3.05) is 0 Å². The summed E-state index contributed by atoms with van der Waals surface area (Å²) < 4.78 is -0.889. The summed E-state index contributed by atoms with van der Waals surface area (Å²) in [5, 5.41) is 7.40. The SMILES string of the molecule is C1=Cc2ccccc2ON=C1.C1=Cc2ccccc2ON=C1.O=C(Cl)Cl. The highest BCUT2D eigenvalue weighted by Crippen LogP contribution is 2.21. The van der Waals surface area contributed by atoms with Crippen LogP contribution in [0.15, 0.2) is 71.0 Å². The van der Waals surface area contributed by atoms with E-state index in [4.69, 9.17) is 14.5 Å². The Morgan fingerprint density at radius 3 is 1.54 bits per heavy atom. The molecule has 5 nitrogen and oxygen atoms in total. The normalized spacial score (nSPS) is 12.4. The Labute approximate surface area is 160 Å². The summed E-state index contributed by atoms with van der Waals surface area (Å²) in [6.07, 6.45) is 10.9. The van der Waals surface area contributed by atoms with Gasteiger partial charge in [-0.2, -0.15) is 0 Å². The highest BCUT2D eigenvalue weighted by atomic mass is 35.5. The maximum Gasteiger partial charge on any atom is 0.313 e. The first-order valence-electron chi connectivity index (χ1n) is 7.44. The molecule has 2 aromatic rings. The van der Waals surface area contributed by atoms with E-state index in [2.05, 4.69) is 33.5 Å². The number of carbonyl (C=O) groups is 1. The smallest absolute Gasteiger partial charge is 0.313 e. The van der Waals surface area contributed by atoms with E-state index in [9.17, 15) is 0 Å². The largest absolute Gasteiger partial charge is 0.356 e. The van der Waals surface area contributed by atoms with E-state index >= 15 is 0 Å². The summed E-state index contributed by atoms with van der Waals surface area (Å²) in [6.45, 7) is 0. The van der Waals surface area contributed by atoms with Crippen LogP contribution in [0.3, 0.4) is 0 Å². The van der Waals surface area contributed by atoms with Crippen molar-refractivity contribution < 1.29 is 14.5 Å². The molecule has 0 radical (unpaired) electrons. The zero-order valence-corrected chi connectivity index (χ0v) is 15.0. The predicted octanol–water partition coefficient (Wildman–Crippen LogP) is 5.74. The zero-order valence-electron chi connectivity index (χ0n) is 13.5. The fourth-order valence-electron chi connectivity index (χ4n) is 1.94. The average Bonchev–Trinajstić information content (AvgIpc) is 3.02. The number of hydrogen-bond donors (Lipinski definition) is 0. The van der Waals surface area contributed by atoms with E-state index < -0.39 is 4.70 Å². The molecular weight excluding hydrogens is 375 g/mol. The summed E-state index contributed by atoms with van der Waals surface area (Å²) in [6, 6.07) is 15.5. The Bertz CT molecular complexity index is 792. The number of benzene rings is 2. The third-order valence-electron chi connectivity index (χ3n) is 2.99. The van der Waals surface area contributed by atoms with Crippen molar-refractivity contribution in [2.45, 2.75) is 0 Å². The first kappa shape index (κ1) is 19.4. The number of carbonyl (C=O) groups excluding carboxylic acids is 1. The lowest BCUT2D eigenvalue weighted by Gasteiger charge is -1.98. The number of nitrogens with zero attached hydrogens (tertiary/aromatic N) is 2. The first-order valence-corrected chi connectivity index (χ1v) is 8.19. The molecule has 2 aliphatic rings. The molecule has 7 heteroatoms. The van der Waals surface area contributed by atoms with Crippen LogP contribution in [0.25, 0.3) is 12.2 Å². The van der Waals surface area contributed by atoms with Crippen molar-refractivity contribution in [1.82, 2.24) is 0 Å². The van der Waals surface area contributed by atoms with Gasteiger partial charge in [0, 0.05) is 11.1 Å². The molecule has 132 valence electrons. The Morgan fingerprint density at radius 2 is 1.12 bits per heavy atom. The van der Waals surface area contributed by atoms with Crippen LogP contribution < -0.4 is 9.68 Å². The van der Waals surface area contributed by atoms with Gasteiger partial charge in [-0.05, 0) is 59.6 Å². The molecule has 0 spiro atoms. The molecule has 0 unspecified atom stereocenters. The fraction of sp³-hybridized carbons (Fsp3) is 0. The van der Waals surface area contributed by atoms with Crippen LogP contribution in [0.5, 0.6) is 11.5 Å². The van der Waals surface area contributed by atoms with Gasteiger partial charge in [0.25, 0.3) is 0 Å². The summed E-state index contributed by atoms with van der Waals surface area (Å²) >= 11 is 8.80. The van der Waals surface area contributed by atoms with Crippen LogP contribution in [-0.4, -0.2) is 17.1 Å². The van der Waals surface area contributed by atoms with Crippen molar-refractivity contribution in [1.29, 1.82) is 0 Å². The van der Waals surface area contributed by atoms with Crippen molar-refractivity contribution in [3.05, 3.63) is 71.8 Å². The molecule has 0 aliphatic carbocycles. The van der Waals surface area contributed by atoms with Crippen LogP contribution in [0.1, 0.15) is 11.1 Å². The monoisotopic (exact) mass is 388 g/mol. The van der Waals surface area contributed by atoms with E-state index in [0.717, 1.165) is 22.6 Å². The lowest BCUT2D eigenvalue weighted by molar-refractivity contribution is 0.275. The Hall–Kier alpha value is -2.89. The zero-order chi connectivity index (χ0) is 18.6. The second kappa shape index (κ2) is 10.9. The van der Waals surface area contributed by atoms with E-state index in [1.54, 1.807) is 12.4 Å². The standard InChI is InChI=1S/2C9H7NO.CCl2O/c2*1-2-6-9-8(4-1)5-3-7-10-11-9;2-1(3)4/h2*1-7H;. The van der Waals surface area contributed by atoms with Crippen LogP contribution in [0, 0.1) is 0 Å². The summed E-state index contributed by atoms with van der Waals surface area (Å²) in [4.78, 5) is 19.1. The molecule has 2 heterocycles. The molecule has 0 saturated heterocycles. The van der Waals surface area contributed by atoms with Crippen LogP contribution in [0.2, 0.25) is 0 Å². The summed E-state index contributed by atoms with van der Waals surface area (Å²) in [7, 11) is 0. The van der Waals surface area contributed by atoms with Gasteiger partial charge < -0.3 is 9.68 Å². The summed E-state index contributed by atoms with van der Waals surface area (Å²) in [5.74, 6) is 1.61. The summed E-state index contributed by atoms with van der Waals surface area (Å²) in [5.41, 5.74) is 2.12. The molecule has 0 N–H and O–H groups in total. The molecule has 0 fully saturated rings. The number of para-hydroxylation sites is 2. The molecule has 0 saturated carbocycles. The van der Waals surface area contributed by atoms with Crippen molar-refractivity contribution in [3.63, 3.8) is 0 Å². The maximum atomic E-state index is 8.98. The molecular formula is C19H14Cl2N2O3. The van der Waals surface area contributed by atoms with Crippen LogP contribution >= 0.6 is 23.2 Å². The van der Waals surface area contributed by atoms with Crippen LogP contribution in [-0.2, 0) is 0 Å². The number of halogens is 2. The minimum absolute atomic E-state index is 0.803. The fourth-order valence-corrected chi connectivity index (χ4v) is 1.94. The Morgan fingerprint density at radius 1 is 0.731 bits per heavy atom. The van der Waals surface area contributed by atoms with Gasteiger partial charge in [0.1, 0.15) is 0 Å². The molecule has 0 aromatic heterocycles. The molecule has 0 atom stereocenters. The second-order valence-corrected chi connectivity index (χ2v) is 5.59.